The van der Waals surface area contributed by atoms with E-state index in [0.29, 0.717) is 23.4 Å². The zero-order valence-corrected chi connectivity index (χ0v) is 16.6. The van der Waals surface area contributed by atoms with E-state index in [1.807, 2.05) is 31.1 Å². The van der Waals surface area contributed by atoms with Crippen LogP contribution in [-0.4, -0.2) is 42.8 Å². The zero-order chi connectivity index (χ0) is 20.2. The molecule has 0 amide bonds. The van der Waals surface area contributed by atoms with Crippen molar-refractivity contribution in [3.05, 3.63) is 42.5 Å². The van der Waals surface area contributed by atoms with Gasteiger partial charge in [-0.3, -0.25) is 4.68 Å². The predicted octanol–water partition coefficient (Wildman–Crippen LogP) is 4.23. The fraction of sp³-hybridized carbons (Fsp3) is 0.368. The number of ether oxygens (including phenoxy) is 1. The molecule has 0 saturated carbocycles. The molecule has 0 aliphatic carbocycles. The number of nitrogens with one attached hydrogen (secondary N) is 1. The van der Waals surface area contributed by atoms with Crippen LogP contribution in [0.5, 0.6) is 5.75 Å². The number of rotatable bonds is 6. The van der Waals surface area contributed by atoms with Gasteiger partial charge in [0.05, 0.1) is 11.8 Å². The molecule has 3 aromatic rings. The van der Waals surface area contributed by atoms with Crippen molar-refractivity contribution in [2.75, 3.05) is 16.8 Å². The summed E-state index contributed by atoms with van der Waals surface area (Å²) >= 11 is 1.95. The van der Waals surface area contributed by atoms with Gasteiger partial charge >= 0.3 is 6.61 Å². The first-order chi connectivity index (χ1) is 14.1. The molecule has 0 bridgehead atoms. The molecule has 1 aliphatic heterocycles. The Morgan fingerprint density at radius 2 is 2.03 bits per heavy atom. The molecule has 1 saturated heterocycles. The van der Waals surface area contributed by atoms with Crippen molar-refractivity contribution in [1.82, 2.24) is 24.7 Å². The Kier molecular flexibility index (Phi) is 5.89. The standard InChI is InChI=1S/C19H20F2N6OS/c1-27-11-13(10-23-27)18-24-15(12-3-6-29-7-4-12)9-17(26-18)25-16-8-14(2-5-22-16)28-19(20)21/h2,5,8-12,19H,3-4,6-7H2,1H3,(H,22,24,25,26). The van der Waals surface area contributed by atoms with Gasteiger partial charge in [-0.2, -0.15) is 25.6 Å². The summed E-state index contributed by atoms with van der Waals surface area (Å²) in [5.41, 5.74) is 1.77. The van der Waals surface area contributed by atoms with E-state index >= 15 is 0 Å². The molecule has 0 atom stereocenters. The summed E-state index contributed by atoms with van der Waals surface area (Å²) in [5, 5.41) is 7.30. The minimum absolute atomic E-state index is 0.0311. The van der Waals surface area contributed by atoms with Gasteiger partial charge in [0.25, 0.3) is 0 Å². The number of pyridine rings is 1. The number of aromatic nitrogens is 5. The molecule has 0 unspecified atom stereocenters. The molecule has 1 N–H and O–H groups in total. The number of aryl methyl sites for hydroxylation is 1. The van der Waals surface area contributed by atoms with Crippen molar-refractivity contribution >= 4 is 23.4 Å². The molecule has 4 heterocycles. The summed E-state index contributed by atoms with van der Waals surface area (Å²) in [7, 11) is 1.84. The molecule has 0 spiro atoms. The Morgan fingerprint density at radius 1 is 1.21 bits per heavy atom. The fourth-order valence-corrected chi connectivity index (χ4v) is 4.29. The molecule has 152 valence electrons. The van der Waals surface area contributed by atoms with E-state index < -0.39 is 6.61 Å². The molecular weight excluding hydrogens is 398 g/mol. The van der Waals surface area contributed by atoms with Crippen LogP contribution in [0.1, 0.15) is 24.5 Å². The van der Waals surface area contributed by atoms with Crippen molar-refractivity contribution in [3.8, 4) is 17.1 Å². The maximum Gasteiger partial charge on any atom is 0.387 e. The number of hydrogen-bond donors (Lipinski definition) is 1. The van der Waals surface area contributed by atoms with Crippen LogP contribution in [0.15, 0.2) is 36.8 Å². The lowest BCUT2D eigenvalue weighted by Gasteiger charge is -2.21. The van der Waals surface area contributed by atoms with Crippen LogP contribution in [0.4, 0.5) is 20.4 Å². The van der Waals surface area contributed by atoms with Crippen LogP contribution in [0.2, 0.25) is 0 Å². The Morgan fingerprint density at radius 3 is 2.76 bits per heavy atom. The molecule has 0 aromatic carbocycles. The lowest BCUT2D eigenvalue weighted by molar-refractivity contribution is -0.0498. The van der Waals surface area contributed by atoms with Crippen LogP contribution < -0.4 is 10.1 Å². The normalized spacial score (nSPS) is 14.9. The number of alkyl halides is 2. The first-order valence-electron chi connectivity index (χ1n) is 9.20. The number of hydrogen-bond acceptors (Lipinski definition) is 7. The average molecular weight is 418 g/mol. The maximum atomic E-state index is 12.5. The third-order valence-electron chi connectivity index (χ3n) is 4.56. The first kappa shape index (κ1) is 19.6. The highest BCUT2D eigenvalue weighted by atomic mass is 32.2. The Balaban J connectivity index is 1.66. The molecular formula is C19H20F2N6OS. The first-order valence-corrected chi connectivity index (χ1v) is 10.4. The molecule has 3 aromatic heterocycles. The monoisotopic (exact) mass is 418 g/mol. The van der Waals surface area contributed by atoms with Crippen LogP contribution in [-0.2, 0) is 7.05 Å². The molecule has 7 nitrogen and oxygen atoms in total. The smallest absolute Gasteiger partial charge is 0.387 e. The minimum atomic E-state index is -2.89. The summed E-state index contributed by atoms with van der Waals surface area (Å²) in [5.74, 6) is 4.08. The van der Waals surface area contributed by atoms with Crippen LogP contribution in [0.3, 0.4) is 0 Å². The van der Waals surface area contributed by atoms with Gasteiger partial charge in [-0.1, -0.05) is 0 Å². The van der Waals surface area contributed by atoms with Gasteiger partial charge in [-0.05, 0) is 30.4 Å². The molecule has 1 fully saturated rings. The maximum absolute atomic E-state index is 12.5. The lowest BCUT2D eigenvalue weighted by Crippen LogP contribution is -2.11. The van der Waals surface area contributed by atoms with Crippen LogP contribution in [0.25, 0.3) is 11.4 Å². The number of thioether (sulfide) groups is 1. The van der Waals surface area contributed by atoms with Gasteiger partial charge in [0, 0.05) is 43.2 Å². The van der Waals surface area contributed by atoms with Gasteiger partial charge < -0.3 is 10.1 Å². The van der Waals surface area contributed by atoms with Gasteiger partial charge in [0.2, 0.25) is 0 Å². The SMILES string of the molecule is Cn1cc(-c2nc(Nc3cc(OC(F)F)ccn3)cc(C3CCSCC3)n2)cn1. The fourth-order valence-electron chi connectivity index (χ4n) is 3.19. The Hall–Kier alpha value is -2.75. The van der Waals surface area contributed by atoms with E-state index in [2.05, 4.69) is 25.1 Å². The zero-order valence-electron chi connectivity index (χ0n) is 15.8. The number of anilines is 2. The van der Waals surface area contributed by atoms with E-state index in [1.165, 1.54) is 18.3 Å². The van der Waals surface area contributed by atoms with Crippen molar-refractivity contribution < 1.29 is 13.5 Å². The van der Waals surface area contributed by atoms with Crippen molar-refractivity contribution in [2.45, 2.75) is 25.4 Å². The highest BCUT2D eigenvalue weighted by Crippen LogP contribution is 2.33. The van der Waals surface area contributed by atoms with E-state index in [0.717, 1.165) is 35.6 Å². The minimum Gasteiger partial charge on any atom is -0.435 e. The summed E-state index contributed by atoms with van der Waals surface area (Å²) in [4.78, 5) is 13.5. The van der Waals surface area contributed by atoms with Crippen molar-refractivity contribution in [1.29, 1.82) is 0 Å². The number of nitrogens with zero attached hydrogens (tertiary/aromatic N) is 5. The summed E-state index contributed by atoms with van der Waals surface area (Å²) in [6, 6.07) is 4.70. The molecule has 4 rings (SSSR count). The topological polar surface area (TPSA) is 77.8 Å². The Bertz CT molecular complexity index is 977. The molecule has 29 heavy (non-hydrogen) atoms. The quantitative estimate of drug-likeness (QED) is 0.642. The van der Waals surface area contributed by atoms with Crippen LogP contribution in [0, 0.1) is 0 Å². The van der Waals surface area contributed by atoms with E-state index in [-0.39, 0.29) is 5.75 Å². The Labute approximate surface area is 170 Å². The van der Waals surface area contributed by atoms with Crippen molar-refractivity contribution in [3.63, 3.8) is 0 Å². The van der Waals surface area contributed by atoms with Gasteiger partial charge in [-0.15, -0.1) is 0 Å². The van der Waals surface area contributed by atoms with Gasteiger partial charge in [0.15, 0.2) is 5.82 Å². The summed E-state index contributed by atoms with van der Waals surface area (Å²) in [6.07, 6.45) is 7.10. The van der Waals surface area contributed by atoms with Gasteiger partial charge in [0.1, 0.15) is 17.4 Å². The van der Waals surface area contributed by atoms with Gasteiger partial charge in [-0.25, -0.2) is 15.0 Å². The highest BCUT2D eigenvalue weighted by molar-refractivity contribution is 7.99. The third kappa shape index (κ3) is 5.00. The number of halogens is 2. The predicted molar refractivity (Wildman–Crippen MR) is 108 cm³/mol. The molecule has 0 radical (unpaired) electrons. The molecule has 10 heteroatoms. The largest absolute Gasteiger partial charge is 0.435 e. The lowest BCUT2D eigenvalue weighted by atomic mass is 9.98. The van der Waals surface area contributed by atoms with E-state index in [4.69, 9.17) is 4.98 Å². The third-order valence-corrected chi connectivity index (χ3v) is 5.61. The average Bonchev–Trinajstić information content (AvgIpc) is 3.15. The summed E-state index contributed by atoms with van der Waals surface area (Å²) in [6.45, 7) is -2.89. The van der Waals surface area contributed by atoms with Crippen molar-refractivity contribution in [2.24, 2.45) is 7.05 Å². The highest BCUT2D eigenvalue weighted by Gasteiger charge is 2.20. The van der Waals surface area contributed by atoms with E-state index in [9.17, 15) is 8.78 Å². The summed E-state index contributed by atoms with van der Waals surface area (Å²) < 4.78 is 31.1. The molecule has 1 aliphatic rings. The van der Waals surface area contributed by atoms with Crippen LogP contribution >= 0.6 is 11.8 Å². The van der Waals surface area contributed by atoms with E-state index in [1.54, 1.807) is 10.9 Å². The second-order valence-electron chi connectivity index (χ2n) is 6.67. The second-order valence-corrected chi connectivity index (χ2v) is 7.90. The second kappa shape index (κ2) is 8.73.